The minimum absolute atomic E-state index is 0.0378. The molecule has 1 saturated heterocycles. The number of aromatic nitrogens is 2. The Morgan fingerprint density at radius 3 is 2.52 bits per heavy atom. The highest BCUT2D eigenvalue weighted by Gasteiger charge is 2.27. The molecular formula is C18H21N3O3S. The summed E-state index contributed by atoms with van der Waals surface area (Å²) in [4.78, 5) is 8.04. The van der Waals surface area contributed by atoms with Gasteiger partial charge in [-0.3, -0.25) is 4.98 Å². The van der Waals surface area contributed by atoms with Crippen LogP contribution in [-0.4, -0.2) is 41.9 Å². The maximum atomic E-state index is 12.5. The van der Waals surface area contributed by atoms with Gasteiger partial charge in [-0.25, -0.2) is 13.4 Å². The van der Waals surface area contributed by atoms with E-state index in [1.54, 1.807) is 24.7 Å². The summed E-state index contributed by atoms with van der Waals surface area (Å²) in [7, 11) is -3.42. The summed E-state index contributed by atoms with van der Waals surface area (Å²) in [6, 6.07) is 7.73. The Morgan fingerprint density at radius 1 is 1.16 bits per heavy atom. The summed E-state index contributed by atoms with van der Waals surface area (Å²) < 4.78 is 32.2. The summed E-state index contributed by atoms with van der Waals surface area (Å²) in [5.41, 5.74) is 2.01. The van der Waals surface area contributed by atoms with Gasteiger partial charge in [-0.1, -0.05) is 29.8 Å². The molecular weight excluding hydrogens is 338 g/mol. The quantitative estimate of drug-likeness (QED) is 0.821. The molecule has 132 valence electrons. The van der Waals surface area contributed by atoms with Crippen molar-refractivity contribution in [3.05, 3.63) is 59.4 Å². The van der Waals surface area contributed by atoms with Gasteiger partial charge < -0.3 is 4.74 Å². The first-order valence-electron chi connectivity index (χ1n) is 8.20. The van der Waals surface area contributed by atoms with Crippen LogP contribution in [-0.2, 0) is 10.0 Å². The Labute approximate surface area is 148 Å². The average Bonchev–Trinajstić information content (AvgIpc) is 2.63. The number of piperidine rings is 1. The fourth-order valence-electron chi connectivity index (χ4n) is 2.65. The zero-order valence-electron chi connectivity index (χ0n) is 14.1. The van der Waals surface area contributed by atoms with E-state index in [-0.39, 0.29) is 6.10 Å². The molecule has 6 nitrogen and oxygen atoms in total. The van der Waals surface area contributed by atoms with Crippen LogP contribution in [0.5, 0.6) is 5.88 Å². The lowest BCUT2D eigenvalue weighted by atomic mass is 10.1. The zero-order valence-corrected chi connectivity index (χ0v) is 14.9. The first-order chi connectivity index (χ1) is 12.0. The second-order valence-corrected chi connectivity index (χ2v) is 7.84. The highest BCUT2D eigenvalue weighted by molar-refractivity contribution is 7.92. The summed E-state index contributed by atoms with van der Waals surface area (Å²) >= 11 is 0. The van der Waals surface area contributed by atoms with Crippen molar-refractivity contribution in [3.8, 4) is 5.88 Å². The van der Waals surface area contributed by atoms with E-state index in [4.69, 9.17) is 4.74 Å². The zero-order chi connectivity index (χ0) is 17.7. The van der Waals surface area contributed by atoms with Gasteiger partial charge in [0.05, 0.1) is 6.20 Å². The van der Waals surface area contributed by atoms with Gasteiger partial charge in [0, 0.05) is 30.9 Å². The van der Waals surface area contributed by atoms with Crippen LogP contribution >= 0.6 is 0 Å². The standard InChI is InChI=1S/C18H21N3O3S/c1-15-2-4-16(5-3-15)8-13-25(22,23)21-11-6-17(7-12-21)24-18-14-19-9-10-20-18/h2-5,8-10,13-14,17H,6-7,11-12H2,1H3/b13-8+. The third-order valence-corrected chi connectivity index (χ3v) is 5.66. The van der Waals surface area contributed by atoms with Crippen molar-refractivity contribution >= 4 is 16.1 Å². The maximum absolute atomic E-state index is 12.5. The van der Waals surface area contributed by atoms with Crippen LogP contribution in [0.3, 0.4) is 0 Å². The van der Waals surface area contributed by atoms with Gasteiger partial charge >= 0.3 is 0 Å². The Morgan fingerprint density at radius 2 is 1.88 bits per heavy atom. The van der Waals surface area contributed by atoms with Crippen molar-refractivity contribution in [3.63, 3.8) is 0 Å². The van der Waals surface area contributed by atoms with Crippen LogP contribution in [0.25, 0.3) is 6.08 Å². The third-order valence-electron chi connectivity index (χ3n) is 4.10. The van der Waals surface area contributed by atoms with Crippen molar-refractivity contribution in [2.45, 2.75) is 25.9 Å². The normalized spacial score (nSPS) is 17.0. The minimum atomic E-state index is -3.42. The van der Waals surface area contributed by atoms with Crippen molar-refractivity contribution in [2.75, 3.05) is 13.1 Å². The van der Waals surface area contributed by atoms with Crippen LogP contribution in [0.4, 0.5) is 0 Å². The molecule has 25 heavy (non-hydrogen) atoms. The van der Waals surface area contributed by atoms with Crippen LogP contribution in [0.2, 0.25) is 0 Å². The minimum Gasteiger partial charge on any atom is -0.473 e. The van der Waals surface area contributed by atoms with E-state index in [0.29, 0.717) is 31.8 Å². The first-order valence-corrected chi connectivity index (χ1v) is 9.71. The molecule has 0 N–H and O–H groups in total. The largest absolute Gasteiger partial charge is 0.473 e. The van der Waals surface area contributed by atoms with Crippen LogP contribution in [0.1, 0.15) is 24.0 Å². The SMILES string of the molecule is Cc1ccc(/C=C/S(=O)(=O)N2CCC(Oc3cnccn3)CC2)cc1. The molecule has 0 amide bonds. The molecule has 1 fully saturated rings. The highest BCUT2D eigenvalue weighted by atomic mass is 32.2. The molecule has 1 aliphatic heterocycles. The lowest BCUT2D eigenvalue weighted by molar-refractivity contribution is 0.130. The van der Waals surface area contributed by atoms with Crippen molar-refractivity contribution in [1.82, 2.24) is 14.3 Å². The Hall–Kier alpha value is -2.25. The van der Waals surface area contributed by atoms with E-state index in [9.17, 15) is 8.42 Å². The molecule has 3 rings (SSSR count). The second kappa shape index (κ2) is 7.76. The molecule has 1 aromatic carbocycles. The summed E-state index contributed by atoms with van der Waals surface area (Å²) in [6.07, 6.45) is 7.59. The molecule has 2 heterocycles. The van der Waals surface area contributed by atoms with Crippen LogP contribution in [0, 0.1) is 6.92 Å². The molecule has 0 bridgehead atoms. The summed E-state index contributed by atoms with van der Waals surface area (Å²) in [6.45, 7) is 2.87. The Kier molecular flexibility index (Phi) is 5.45. The van der Waals surface area contributed by atoms with Crippen molar-refractivity contribution in [1.29, 1.82) is 0 Å². The van der Waals surface area contributed by atoms with E-state index in [2.05, 4.69) is 9.97 Å². The van der Waals surface area contributed by atoms with E-state index in [1.807, 2.05) is 31.2 Å². The number of hydrogen-bond donors (Lipinski definition) is 0. The van der Waals surface area contributed by atoms with Gasteiger partial charge in [0.15, 0.2) is 0 Å². The number of aryl methyl sites for hydroxylation is 1. The van der Waals surface area contributed by atoms with Gasteiger partial charge in [-0.2, -0.15) is 4.31 Å². The molecule has 0 atom stereocenters. The number of benzene rings is 1. The maximum Gasteiger partial charge on any atom is 0.236 e. The van der Waals surface area contributed by atoms with Gasteiger partial charge in [-0.05, 0) is 31.4 Å². The smallest absolute Gasteiger partial charge is 0.236 e. The molecule has 0 saturated carbocycles. The Bertz CT molecular complexity index is 812. The average molecular weight is 359 g/mol. The van der Waals surface area contributed by atoms with Crippen molar-refractivity contribution in [2.24, 2.45) is 0 Å². The first kappa shape index (κ1) is 17.6. The van der Waals surface area contributed by atoms with Crippen molar-refractivity contribution < 1.29 is 13.2 Å². The molecule has 0 unspecified atom stereocenters. The molecule has 2 aromatic rings. The molecule has 0 spiro atoms. The highest BCUT2D eigenvalue weighted by Crippen LogP contribution is 2.19. The predicted octanol–water partition coefficient (Wildman–Crippen LogP) is 2.63. The lowest BCUT2D eigenvalue weighted by Gasteiger charge is -2.30. The van der Waals surface area contributed by atoms with Gasteiger partial charge in [0.2, 0.25) is 15.9 Å². The molecule has 1 aromatic heterocycles. The van der Waals surface area contributed by atoms with Gasteiger partial charge in [0.25, 0.3) is 0 Å². The third kappa shape index (κ3) is 4.87. The van der Waals surface area contributed by atoms with E-state index >= 15 is 0 Å². The van der Waals surface area contributed by atoms with E-state index in [0.717, 1.165) is 11.1 Å². The van der Waals surface area contributed by atoms with E-state index < -0.39 is 10.0 Å². The molecule has 7 heteroatoms. The summed E-state index contributed by atoms with van der Waals surface area (Å²) in [5, 5.41) is 1.28. The fourth-order valence-corrected chi connectivity index (χ4v) is 3.87. The number of ether oxygens (including phenoxy) is 1. The lowest BCUT2D eigenvalue weighted by Crippen LogP contribution is -2.40. The number of nitrogens with zero attached hydrogens (tertiary/aromatic N) is 3. The topological polar surface area (TPSA) is 72.4 Å². The predicted molar refractivity (Wildman–Crippen MR) is 96.4 cm³/mol. The monoisotopic (exact) mass is 359 g/mol. The number of sulfonamides is 1. The van der Waals surface area contributed by atoms with E-state index in [1.165, 1.54) is 9.71 Å². The van der Waals surface area contributed by atoms with Gasteiger partial charge in [-0.15, -0.1) is 0 Å². The summed E-state index contributed by atoms with van der Waals surface area (Å²) in [5.74, 6) is 0.475. The molecule has 1 aliphatic rings. The van der Waals surface area contributed by atoms with Crippen LogP contribution in [0.15, 0.2) is 48.3 Å². The molecule has 0 aliphatic carbocycles. The second-order valence-electron chi connectivity index (χ2n) is 6.02. The Balaban J connectivity index is 1.56. The number of hydrogen-bond acceptors (Lipinski definition) is 5. The van der Waals surface area contributed by atoms with Gasteiger partial charge in [0.1, 0.15) is 6.10 Å². The fraction of sp³-hybridized carbons (Fsp3) is 0.333. The molecule has 0 radical (unpaired) electrons. The number of rotatable bonds is 5. The van der Waals surface area contributed by atoms with Crippen LogP contribution < -0.4 is 4.74 Å².